The second kappa shape index (κ2) is 9.71. The van der Waals surface area contributed by atoms with E-state index < -0.39 is 10.0 Å². The fourth-order valence-corrected chi connectivity index (χ4v) is 5.88. The molecule has 0 saturated carbocycles. The van der Waals surface area contributed by atoms with Gasteiger partial charge in [0.05, 0.1) is 19.7 Å². The summed E-state index contributed by atoms with van der Waals surface area (Å²) in [6.45, 7) is 2.10. The predicted octanol–water partition coefficient (Wildman–Crippen LogP) is 2.33. The maximum absolute atomic E-state index is 12.5. The van der Waals surface area contributed by atoms with Crippen LogP contribution in [0, 0.1) is 0 Å². The zero-order valence-electron chi connectivity index (χ0n) is 16.7. The molecule has 0 bridgehead atoms. The van der Waals surface area contributed by atoms with Crippen molar-refractivity contribution in [2.45, 2.75) is 23.1 Å². The number of carbonyl (C=O) groups excluding carboxylic acids is 1. The number of carbonyl (C=O) groups is 1. The molecule has 1 aromatic heterocycles. The number of hydrogen-bond donors (Lipinski definition) is 1. The van der Waals surface area contributed by atoms with Gasteiger partial charge in [0, 0.05) is 19.2 Å². The summed E-state index contributed by atoms with van der Waals surface area (Å²) in [6.07, 6.45) is 2.25. The molecule has 1 amide bonds. The van der Waals surface area contributed by atoms with Gasteiger partial charge in [-0.2, -0.15) is 4.31 Å². The molecular weight excluding hydrogens is 410 g/mol. The summed E-state index contributed by atoms with van der Waals surface area (Å²) in [6, 6.07) is 11.0. The first-order valence-electron chi connectivity index (χ1n) is 9.57. The highest BCUT2D eigenvalue weighted by atomic mass is 32.2. The van der Waals surface area contributed by atoms with Gasteiger partial charge in [-0.15, -0.1) is 11.3 Å². The average Bonchev–Trinajstić information content (AvgIpc) is 3.43. The summed E-state index contributed by atoms with van der Waals surface area (Å²) >= 11 is 1.14. The zero-order chi connectivity index (χ0) is 20.9. The van der Waals surface area contributed by atoms with Crippen LogP contribution < -0.4 is 10.1 Å². The van der Waals surface area contributed by atoms with Gasteiger partial charge in [-0.1, -0.05) is 24.3 Å². The maximum atomic E-state index is 12.5. The van der Waals surface area contributed by atoms with Gasteiger partial charge in [0.2, 0.25) is 5.91 Å². The Kier molecular flexibility index (Phi) is 7.28. The van der Waals surface area contributed by atoms with Crippen LogP contribution in [0.2, 0.25) is 0 Å². The Morgan fingerprint density at radius 1 is 1.24 bits per heavy atom. The van der Waals surface area contributed by atoms with Crippen LogP contribution in [0.15, 0.2) is 46.0 Å². The van der Waals surface area contributed by atoms with E-state index in [1.807, 2.05) is 24.3 Å². The van der Waals surface area contributed by atoms with Crippen LogP contribution in [0.25, 0.3) is 0 Å². The highest BCUT2D eigenvalue weighted by Gasteiger charge is 2.28. The number of para-hydroxylation sites is 1. The van der Waals surface area contributed by atoms with Crippen molar-refractivity contribution in [1.82, 2.24) is 14.5 Å². The van der Waals surface area contributed by atoms with Gasteiger partial charge < -0.3 is 10.1 Å². The third-order valence-corrected chi connectivity index (χ3v) is 8.27. The quantitative estimate of drug-likeness (QED) is 0.651. The van der Waals surface area contributed by atoms with Crippen LogP contribution in [0.3, 0.4) is 0 Å². The first kappa shape index (κ1) is 21.8. The molecule has 1 aromatic carbocycles. The van der Waals surface area contributed by atoms with Crippen molar-refractivity contribution < 1.29 is 17.9 Å². The Labute approximate surface area is 176 Å². The maximum Gasteiger partial charge on any atom is 0.252 e. The Morgan fingerprint density at radius 2 is 1.97 bits per heavy atom. The van der Waals surface area contributed by atoms with Crippen molar-refractivity contribution in [3.05, 3.63) is 47.3 Å². The van der Waals surface area contributed by atoms with Crippen molar-refractivity contribution in [1.29, 1.82) is 0 Å². The standard InChI is InChI=1S/C20H27N3O4S2/c1-22(29(25,26)20-10-7-13-28-20)15-19(24)21-14-17(23-11-5-6-12-23)16-8-3-4-9-18(16)27-2/h3-4,7-10,13,17H,5-6,11-12,14-15H2,1-2H3,(H,21,24). The number of ether oxygens (including phenoxy) is 1. The normalized spacial score (nSPS) is 16.1. The van der Waals surface area contributed by atoms with Crippen molar-refractivity contribution in [3.63, 3.8) is 0 Å². The van der Waals surface area contributed by atoms with E-state index in [2.05, 4.69) is 10.2 Å². The second-order valence-electron chi connectivity index (χ2n) is 7.00. The van der Waals surface area contributed by atoms with Gasteiger partial charge in [0.1, 0.15) is 9.96 Å². The molecule has 3 rings (SSSR count). The molecule has 1 fully saturated rings. The number of methoxy groups -OCH3 is 1. The minimum Gasteiger partial charge on any atom is -0.496 e. The van der Waals surface area contributed by atoms with E-state index in [1.54, 1.807) is 24.6 Å². The Hall–Kier alpha value is -1.94. The minimum atomic E-state index is -3.65. The third-order valence-electron chi connectivity index (χ3n) is 5.10. The number of sulfonamides is 1. The molecule has 0 aliphatic carbocycles. The lowest BCUT2D eigenvalue weighted by Crippen LogP contribution is -2.42. The van der Waals surface area contributed by atoms with Gasteiger partial charge >= 0.3 is 0 Å². The van der Waals surface area contributed by atoms with Crippen LogP contribution in [-0.2, 0) is 14.8 Å². The molecule has 2 aromatic rings. The number of amides is 1. The molecule has 1 saturated heterocycles. The lowest BCUT2D eigenvalue weighted by atomic mass is 10.0. The smallest absolute Gasteiger partial charge is 0.252 e. The molecule has 0 spiro atoms. The molecule has 7 nitrogen and oxygen atoms in total. The summed E-state index contributed by atoms with van der Waals surface area (Å²) in [5.74, 6) is 0.461. The molecule has 29 heavy (non-hydrogen) atoms. The highest BCUT2D eigenvalue weighted by Crippen LogP contribution is 2.31. The zero-order valence-corrected chi connectivity index (χ0v) is 18.3. The summed E-state index contributed by atoms with van der Waals surface area (Å²) in [4.78, 5) is 14.8. The predicted molar refractivity (Wildman–Crippen MR) is 114 cm³/mol. The van der Waals surface area contributed by atoms with E-state index in [0.717, 1.165) is 52.9 Å². The number of nitrogens with one attached hydrogen (secondary N) is 1. The molecule has 158 valence electrons. The van der Waals surface area contributed by atoms with E-state index in [-0.39, 0.29) is 22.7 Å². The second-order valence-corrected chi connectivity index (χ2v) is 10.2. The first-order chi connectivity index (χ1) is 13.9. The number of benzene rings is 1. The minimum absolute atomic E-state index is 0.0168. The van der Waals surface area contributed by atoms with E-state index in [4.69, 9.17) is 4.74 Å². The van der Waals surface area contributed by atoms with Crippen LogP contribution in [0.4, 0.5) is 0 Å². The number of likely N-dealkylation sites (tertiary alicyclic amines) is 1. The molecule has 1 N–H and O–H groups in total. The fourth-order valence-electron chi connectivity index (χ4n) is 3.55. The summed E-state index contributed by atoms with van der Waals surface area (Å²) in [5, 5.41) is 4.62. The largest absolute Gasteiger partial charge is 0.496 e. The van der Waals surface area contributed by atoms with Crippen molar-refractivity contribution in [3.8, 4) is 5.75 Å². The number of rotatable bonds is 9. The highest BCUT2D eigenvalue weighted by molar-refractivity contribution is 7.91. The van der Waals surface area contributed by atoms with Crippen molar-refractivity contribution >= 4 is 27.3 Å². The summed E-state index contributed by atoms with van der Waals surface area (Å²) < 4.78 is 31.9. The number of likely N-dealkylation sites (N-methyl/N-ethyl adjacent to an activating group) is 1. The fraction of sp³-hybridized carbons (Fsp3) is 0.450. The summed E-state index contributed by atoms with van der Waals surface area (Å²) in [5.41, 5.74) is 1.02. The van der Waals surface area contributed by atoms with E-state index in [0.29, 0.717) is 6.54 Å². The van der Waals surface area contributed by atoms with Crippen LogP contribution in [0.1, 0.15) is 24.4 Å². The van der Waals surface area contributed by atoms with Gasteiger partial charge in [-0.05, 0) is 43.4 Å². The first-order valence-corrected chi connectivity index (χ1v) is 11.9. The monoisotopic (exact) mass is 437 g/mol. The van der Waals surface area contributed by atoms with E-state index >= 15 is 0 Å². The van der Waals surface area contributed by atoms with Gasteiger partial charge in [-0.3, -0.25) is 9.69 Å². The van der Waals surface area contributed by atoms with Crippen LogP contribution in [0.5, 0.6) is 5.75 Å². The number of nitrogens with zero attached hydrogens (tertiary/aromatic N) is 2. The summed E-state index contributed by atoms with van der Waals surface area (Å²) in [7, 11) is -0.582. The molecule has 0 radical (unpaired) electrons. The SMILES string of the molecule is COc1ccccc1C(CNC(=O)CN(C)S(=O)(=O)c1cccs1)N1CCCC1. The van der Waals surface area contributed by atoms with Gasteiger partial charge in [0.15, 0.2) is 0 Å². The lowest BCUT2D eigenvalue weighted by Gasteiger charge is -2.29. The van der Waals surface area contributed by atoms with E-state index in [9.17, 15) is 13.2 Å². The van der Waals surface area contributed by atoms with Crippen LogP contribution in [-0.4, -0.2) is 63.9 Å². The Bertz CT molecular complexity index is 910. The van der Waals surface area contributed by atoms with Crippen molar-refractivity contribution in [2.75, 3.05) is 40.3 Å². The Morgan fingerprint density at radius 3 is 2.62 bits per heavy atom. The topological polar surface area (TPSA) is 79.0 Å². The van der Waals surface area contributed by atoms with E-state index in [1.165, 1.54) is 7.05 Å². The van der Waals surface area contributed by atoms with Gasteiger partial charge in [-0.25, -0.2) is 8.42 Å². The number of thiophene rings is 1. The molecule has 1 aliphatic rings. The lowest BCUT2D eigenvalue weighted by molar-refractivity contribution is -0.121. The molecule has 1 unspecified atom stereocenters. The Balaban J connectivity index is 1.67. The molecule has 1 aliphatic heterocycles. The van der Waals surface area contributed by atoms with Crippen LogP contribution >= 0.6 is 11.3 Å². The van der Waals surface area contributed by atoms with Crippen molar-refractivity contribution in [2.24, 2.45) is 0 Å². The molecular formula is C20H27N3O4S2. The number of hydrogen-bond acceptors (Lipinski definition) is 6. The molecule has 1 atom stereocenters. The third kappa shape index (κ3) is 5.16. The average molecular weight is 438 g/mol. The van der Waals surface area contributed by atoms with Gasteiger partial charge in [0.25, 0.3) is 10.0 Å². The molecule has 2 heterocycles. The molecule has 9 heteroatoms.